The van der Waals surface area contributed by atoms with Crippen LogP contribution in [0.15, 0.2) is 18.2 Å². The van der Waals surface area contributed by atoms with Gasteiger partial charge in [0.05, 0.1) is 13.2 Å². The van der Waals surface area contributed by atoms with Crippen LogP contribution in [0.3, 0.4) is 0 Å². The van der Waals surface area contributed by atoms with E-state index in [1.165, 1.54) is 6.42 Å². The van der Waals surface area contributed by atoms with Crippen LogP contribution in [-0.4, -0.2) is 36.8 Å². The summed E-state index contributed by atoms with van der Waals surface area (Å²) >= 11 is 6.03. The van der Waals surface area contributed by atoms with Crippen LogP contribution in [-0.2, 0) is 0 Å². The Bertz CT molecular complexity index is 456. The molecule has 0 aliphatic carbocycles. The standard InChI is InChI=1S/C17H26ClNO2/c1-12-8-13(2)11-19(10-12)7-6-16(20)15-9-14(18)4-5-17(15)21-3/h4-5,9,12-13,16,20H,6-8,10-11H2,1-3H3. The van der Waals surface area contributed by atoms with Crippen LogP contribution in [0, 0.1) is 11.8 Å². The molecule has 0 radical (unpaired) electrons. The van der Waals surface area contributed by atoms with E-state index in [9.17, 15) is 5.11 Å². The Labute approximate surface area is 132 Å². The number of methoxy groups -OCH3 is 1. The van der Waals surface area contributed by atoms with E-state index >= 15 is 0 Å². The fourth-order valence-corrected chi connectivity index (χ4v) is 3.58. The van der Waals surface area contributed by atoms with Gasteiger partial charge >= 0.3 is 0 Å². The first-order chi connectivity index (χ1) is 9.99. The molecule has 1 fully saturated rings. The lowest BCUT2D eigenvalue weighted by atomic mass is 9.91. The van der Waals surface area contributed by atoms with Gasteiger partial charge in [0.2, 0.25) is 0 Å². The van der Waals surface area contributed by atoms with Gasteiger partial charge in [0, 0.05) is 30.2 Å². The second kappa shape index (κ2) is 7.48. The highest BCUT2D eigenvalue weighted by Gasteiger charge is 2.23. The van der Waals surface area contributed by atoms with Crippen LogP contribution < -0.4 is 4.74 Å². The molecule has 21 heavy (non-hydrogen) atoms. The van der Waals surface area contributed by atoms with E-state index in [2.05, 4.69) is 18.7 Å². The van der Waals surface area contributed by atoms with Gasteiger partial charge in [-0.3, -0.25) is 0 Å². The molecule has 3 atom stereocenters. The number of nitrogens with zero attached hydrogens (tertiary/aromatic N) is 1. The number of benzene rings is 1. The van der Waals surface area contributed by atoms with Crippen molar-refractivity contribution in [3.63, 3.8) is 0 Å². The van der Waals surface area contributed by atoms with E-state index < -0.39 is 6.10 Å². The minimum absolute atomic E-state index is 0.536. The van der Waals surface area contributed by atoms with E-state index in [1.807, 2.05) is 6.07 Å². The molecule has 3 nitrogen and oxygen atoms in total. The maximum absolute atomic E-state index is 10.5. The van der Waals surface area contributed by atoms with Crippen LogP contribution in [0.1, 0.15) is 38.4 Å². The lowest BCUT2D eigenvalue weighted by Gasteiger charge is -2.35. The molecule has 0 bridgehead atoms. The van der Waals surface area contributed by atoms with E-state index in [-0.39, 0.29) is 0 Å². The molecule has 3 unspecified atom stereocenters. The summed E-state index contributed by atoms with van der Waals surface area (Å²) < 4.78 is 5.32. The summed E-state index contributed by atoms with van der Waals surface area (Å²) in [6.45, 7) is 7.77. The van der Waals surface area contributed by atoms with Gasteiger partial charge in [0.1, 0.15) is 5.75 Å². The highest BCUT2D eigenvalue weighted by Crippen LogP contribution is 2.30. The number of likely N-dealkylation sites (tertiary alicyclic amines) is 1. The van der Waals surface area contributed by atoms with Gasteiger partial charge in [0.15, 0.2) is 0 Å². The van der Waals surface area contributed by atoms with E-state index in [0.717, 1.165) is 37.0 Å². The Morgan fingerprint density at radius 1 is 1.33 bits per heavy atom. The maximum atomic E-state index is 10.5. The number of rotatable bonds is 5. The highest BCUT2D eigenvalue weighted by atomic mass is 35.5. The van der Waals surface area contributed by atoms with Gasteiger partial charge in [-0.05, 0) is 42.9 Å². The molecule has 0 aromatic heterocycles. The van der Waals surface area contributed by atoms with Crippen molar-refractivity contribution in [2.24, 2.45) is 11.8 Å². The monoisotopic (exact) mass is 311 g/mol. The molecule has 1 aliphatic heterocycles. The first kappa shape index (κ1) is 16.6. The summed E-state index contributed by atoms with van der Waals surface area (Å²) in [6, 6.07) is 5.39. The normalized spacial score (nSPS) is 24.8. The van der Waals surface area contributed by atoms with E-state index in [1.54, 1.807) is 19.2 Å². The minimum atomic E-state index is -0.536. The Balaban J connectivity index is 1.95. The summed E-state index contributed by atoms with van der Waals surface area (Å²) in [5, 5.41) is 11.1. The summed E-state index contributed by atoms with van der Waals surface area (Å²) in [4.78, 5) is 2.46. The quantitative estimate of drug-likeness (QED) is 0.899. The molecule has 1 aromatic carbocycles. The zero-order valence-corrected chi connectivity index (χ0v) is 13.9. The predicted molar refractivity (Wildman–Crippen MR) is 87.0 cm³/mol. The number of aliphatic hydroxyl groups excluding tert-OH is 1. The molecule has 1 saturated heterocycles. The molecule has 0 spiro atoms. The first-order valence-corrected chi connectivity index (χ1v) is 8.11. The van der Waals surface area contributed by atoms with Crippen LogP contribution in [0.4, 0.5) is 0 Å². The number of hydrogen-bond donors (Lipinski definition) is 1. The molecule has 4 heteroatoms. The predicted octanol–water partition coefficient (Wildman–Crippen LogP) is 3.75. The van der Waals surface area contributed by atoms with E-state index in [0.29, 0.717) is 17.2 Å². The number of aliphatic hydroxyl groups is 1. The average molecular weight is 312 g/mol. The average Bonchev–Trinajstić information content (AvgIpc) is 2.43. The molecule has 118 valence electrons. The molecular formula is C17H26ClNO2. The number of piperidine rings is 1. The van der Waals surface area contributed by atoms with Gasteiger partial charge in [-0.25, -0.2) is 0 Å². The topological polar surface area (TPSA) is 32.7 Å². The Kier molecular flexibility index (Phi) is 5.91. The molecule has 1 N–H and O–H groups in total. The fraction of sp³-hybridized carbons (Fsp3) is 0.647. The first-order valence-electron chi connectivity index (χ1n) is 7.73. The fourth-order valence-electron chi connectivity index (χ4n) is 3.40. The third-order valence-corrected chi connectivity index (χ3v) is 4.45. The van der Waals surface area contributed by atoms with Crippen molar-refractivity contribution in [1.82, 2.24) is 4.90 Å². The van der Waals surface area contributed by atoms with Crippen LogP contribution in [0.5, 0.6) is 5.75 Å². The summed E-state index contributed by atoms with van der Waals surface area (Å²) in [7, 11) is 1.62. The van der Waals surface area contributed by atoms with Gasteiger partial charge in [-0.15, -0.1) is 0 Å². The zero-order valence-electron chi connectivity index (χ0n) is 13.2. The van der Waals surface area contributed by atoms with Crippen molar-refractivity contribution in [3.05, 3.63) is 28.8 Å². The maximum Gasteiger partial charge on any atom is 0.124 e. The second-order valence-corrected chi connectivity index (χ2v) is 6.83. The highest BCUT2D eigenvalue weighted by molar-refractivity contribution is 6.30. The summed E-state index contributed by atoms with van der Waals surface area (Å²) in [5.41, 5.74) is 0.781. The van der Waals surface area contributed by atoms with Crippen molar-refractivity contribution in [3.8, 4) is 5.75 Å². The number of ether oxygens (including phenoxy) is 1. The molecule has 0 amide bonds. The third-order valence-electron chi connectivity index (χ3n) is 4.21. The number of hydrogen-bond acceptors (Lipinski definition) is 3. The smallest absolute Gasteiger partial charge is 0.124 e. The van der Waals surface area contributed by atoms with Gasteiger partial charge in [-0.1, -0.05) is 25.4 Å². The Morgan fingerprint density at radius 3 is 2.62 bits per heavy atom. The number of halogens is 1. The van der Waals surface area contributed by atoms with Crippen molar-refractivity contribution in [2.75, 3.05) is 26.7 Å². The van der Waals surface area contributed by atoms with Gasteiger partial charge in [-0.2, -0.15) is 0 Å². The lowest BCUT2D eigenvalue weighted by molar-refractivity contribution is 0.102. The molecule has 1 heterocycles. The van der Waals surface area contributed by atoms with Crippen molar-refractivity contribution in [1.29, 1.82) is 0 Å². The van der Waals surface area contributed by atoms with Crippen molar-refractivity contribution < 1.29 is 9.84 Å². The van der Waals surface area contributed by atoms with Crippen LogP contribution in [0.2, 0.25) is 5.02 Å². The Hall–Kier alpha value is -0.770. The molecule has 1 aromatic rings. The van der Waals surface area contributed by atoms with Crippen LogP contribution >= 0.6 is 11.6 Å². The minimum Gasteiger partial charge on any atom is -0.496 e. The van der Waals surface area contributed by atoms with Crippen LogP contribution in [0.25, 0.3) is 0 Å². The Morgan fingerprint density at radius 2 is 2.00 bits per heavy atom. The summed E-state index contributed by atoms with van der Waals surface area (Å²) in [5.74, 6) is 2.19. The van der Waals surface area contributed by atoms with E-state index in [4.69, 9.17) is 16.3 Å². The molecule has 1 aliphatic rings. The lowest BCUT2D eigenvalue weighted by Crippen LogP contribution is -2.39. The van der Waals surface area contributed by atoms with Crippen molar-refractivity contribution >= 4 is 11.6 Å². The molecule has 2 rings (SSSR count). The largest absolute Gasteiger partial charge is 0.496 e. The third kappa shape index (κ3) is 4.60. The second-order valence-electron chi connectivity index (χ2n) is 6.40. The zero-order chi connectivity index (χ0) is 15.4. The van der Waals surface area contributed by atoms with Gasteiger partial charge < -0.3 is 14.7 Å². The molecular weight excluding hydrogens is 286 g/mol. The van der Waals surface area contributed by atoms with Crippen molar-refractivity contribution in [2.45, 2.75) is 32.8 Å². The molecule has 0 saturated carbocycles. The SMILES string of the molecule is COc1ccc(Cl)cc1C(O)CCN1CC(C)CC(C)C1. The summed E-state index contributed by atoms with van der Waals surface area (Å²) in [6.07, 6.45) is 1.48. The van der Waals surface area contributed by atoms with Gasteiger partial charge in [0.25, 0.3) is 0 Å².